The number of hydrogen-bond donors (Lipinski definition) is 0. The van der Waals surface area contributed by atoms with Crippen LogP contribution in [0.2, 0.25) is 5.28 Å². The molecule has 0 radical (unpaired) electrons. The molecule has 0 aliphatic rings. The van der Waals surface area contributed by atoms with Gasteiger partial charge in [0.05, 0.1) is 12.8 Å². The van der Waals surface area contributed by atoms with Crippen molar-refractivity contribution in [2.75, 3.05) is 7.11 Å². The van der Waals surface area contributed by atoms with E-state index < -0.39 is 0 Å². The summed E-state index contributed by atoms with van der Waals surface area (Å²) in [5.41, 5.74) is 1.90. The number of benzene rings is 1. The number of methoxy groups -OCH3 is 1. The second-order valence-electron chi connectivity index (χ2n) is 5.53. The average molecular weight is 280 g/mol. The van der Waals surface area contributed by atoms with Crippen LogP contribution in [0.5, 0.6) is 5.75 Å². The maximum Gasteiger partial charge on any atom is 0.229 e. The topological polar surface area (TPSA) is 39.9 Å². The zero-order valence-electron chi connectivity index (χ0n) is 11.9. The van der Waals surface area contributed by atoms with E-state index in [-0.39, 0.29) is 5.41 Å². The molecule has 19 heavy (non-hydrogen) atoms. The van der Waals surface area contributed by atoms with Gasteiger partial charge in [-0.15, -0.1) is 10.2 Å². The van der Waals surface area contributed by atoms with Crippen molar-refractivity contribution >= 4 is 11.6 Å². The molecule has 5 heteroatoms. The van der Waals surface area contributed by atoms with Gasteiger partial charge in [0.1, 0.15) is 11.6 Å². The molecule has 0 saturated carbocycles. The van der Waals surface area contributed by atoms with Gasteiger partial charge >= 0.3 is 0 Å². The van der Waals surface area contributed by atoms with Gasteiger partial charge in [-0.1, -0.05) is 20.8 Å². The van der Waals surface area contributed by atoms with Crippen LogP contribution in [0.1, 0.15) is 32.2 Å². The van der Waals surface area contributed by atoms with Crippen LogP contribution in [0, 0.1) is 6.92 Å². The van der Waals surface area contributed by atoms with Gasteiger partial charge in [0.2, 0.25) is 5.28 Å². The second kappa shape index (κ2) is 4.85. The van der Waals surface area contributed by atoms with Crippen LogP contribution in [-0.4, -0.2) is 21.9 Å². The first kappa shape index (κ1) is 13.9. The normalized spacial score (nSPS) is 11.7. The van der Waals surface area contributed by atoms with Gasteiger partial charge in [0.25, 0.3) is 0 Å². The fourth-order valence-electron chi connectivity index (χ4n) is 1.97. The Kier molecular flexibility index (Phi) is 3.54. The molecule has 0 fully saturated rings. The molecule has 1 aromatic heterocycles. The standard InChI is InChI=1S/C14H18ClN3O/c1-9-8-10(19-5)6-7-11(9)18-12(14(2,3)4)16-17-13(18)15/h6-8H,1-5H3. The van der Waals surface area contributed by atoms with Gasteiger partial charge in [0.15, 0.2) is 0 Å². The molecule has 2 rings (SSSR count). The summed E-state index contributed by atoms with van der Waals surface area (Å²) in [6, 6.07) is 5.85. The van der Waals surface area contributed by atoms with Crippen molar-refractivity contribution < 1.29 is 4.74 Å². The molecular formula is C14H18ClN3O. The van der Waals surface area contributed by atoms with Gasteiger partial charge in [-0.25, -0.2) is 0 Å². The summed E-state index contributed by atoms with van der Waals surface area (Å²) in [5, 5.41) is 8.56. The van der Waals surface area contributed by atoms with Gasteiger partial charge in [0, 0.05) is 5.41 Å². The van der Waals surface area contributed by atoms with E-state index in [1.165, 1.54) is 0 Å². The Hall–Kier alpha value is -1.55. The highest BCUT2D eigenvalue weighted by Crippen LogP contribution is 2.29. The van der Waals surface area contributed by atoms with Crippen molar-refractivity contribution in [3.63, 3.8) is 0 Å². The molecule has 1 aromatic carbocycles. The minimum Gasteiger partial charge on any atom is -0.497 e. The number of aromatic nitrogens is 3. The van der Waals surface area contributed by atoms with E-state index in [1.807, 2.05) is 29.7 Å². The fourth-order valence-corrected chi connectivity index (χ4v) is 2.18. The molecule has 0 bridgehead atoms. The van der Waals surface area contributed by atoms with Crippen molar-refractivity contribution in [1.82, 2.24) is 14.8 Å². The van der Waals surface area contributed by atoms with Crippen molar-refractivity contribution in [3.05, 3.63) is 34.9 Å². The van der Waals surface area contributed by atoms with E-state index in [2.05, 4.69) is 31.0 Å². The van der Waals surface area contributed by atoms with Crippen molar-refractivity contribution in [2.24, 2.45) is 0 Å². The van der Waals surface area contributed by atoms with Crippen LogP contribution >= 0.6 is 11.6 Å². The number of hydrogen-bond acceptors (Lipinski definition) is 3. The third-order valence-electron chi connectivity index (χ3n) is 2.94. The predicted octanol–water partition coefficient (Wildman–Crippen LogP) is 3.54. The Balaban J connectivity index is 2.62. The Labute approximate surface area is 118 Å². The summed E-state index contributed by atoms with van der Waals surface area (Å²) in [4.78, 5) is 0. The smallest absolute Gasteiger partial charge is 0.229 e. The predicted molar refractivity (Wildman–Crippen MR) is 76.4 cm³/mol. The number of nitrogens with zero attached hydrogens (tertiary/aromatic N) is 3. The van der Waals surface area contributed by atoms with Crippen molar-refractivity contribution in [2.45, 2.75) is 33.1 Å². The van der Waals surface area contributed by atoms with Crippen LogP contribution in [0.3, 0.4) is 0 Å². The lowest BCUT2D eigenvalue weighted by Crippen LogP contribution is -2.18. The quantitative estimate of drug-likeness (QED) is 0.844. The molecule has 0 atom stereocenters. The molecule has 0 amide bonds. The SMILES string of the molecule is COc1ccc(-n2c(Cl)nnc2C(C)(C)C)c(C)c1. The lowest BCUT2D eigenvalue weighted by atomic mass is 9.95. The summed E-state index contributed by atoms with van der Waals surface area (Å²) < 4.78 is 7.11. The monoisotopic (exact) mass is 279 g/mol. The van der Waals surface area contributed by atoms with E-state index >= 15 is 0 Å². The number of halogens is 1. The molecule has 4 nitrogen and oxygen atoms in total. The van der Waals surface area contributed by atoms with Gasteiger partial charge in [-0.3, -0.25) is 4.57 Å². The van der Waals surface area contributed by atoms with E-state index in [0.29, 0.717) is 5.28 Å². The largest absolute Gasteiger partial charge is 0.497 e. The fraction of sp³-hybridized carbons (Fsp3) is 0.429. The van der Waals surface area contributed by atoms with E-state index in [1.54, 1.807) is 7.11 Å². The lowest BCUT2D eigenvalue weighted by molar-refractivity contribution is 0.414. The molecule has 1 heterocycles. The molecule has 2 aromatic rings. The van der Waals surface area contributed by atoms with Crippen LogP contribution in [0.15, 0.2) is 18.2 Å². The van der Waals surface area contributed by atoms with Gasteiger partial charge in [-0.05, 0) is 42.3 Å². The Morgan fingerprint density at radius 1 is 1.21 bits per heavy atom. The minimum atomic E-state index is -0.132. The van der Waals surface area contributed by atoms with Crippen LogP contribution in [0.25, 0.3) is 5.69 Å². The van der Waals surface area contributed by atoms with Crippen LogP contribution in [-0.2, 0) is 5.41 Å². The van der Waals surface area contributed by atoms with Gasteiger partial charge in [-0.2, -0.15) is 0 Å². The van der Waals surface area contributed by atoms with Crippen LogP contribution in [0.4, 0.5) is 0 Å². The summed E-state index contributed by atoms with van der Waals surface area (Å²) >= 11 is 6.19. The summed E-state index contributed by atoms with van der Waals surface area (Å²) in [6.45, 7) is 8.27. The third-order valence-corrected chi connectivity index (χ3v) is 3.18. The first-order valence-corrected chi connectivity index (χ1v) is 6.49. The zero-order chi connectivity index (χ0) is 14.2. The Morgan fingerprint density at radius 3 is 2.42 bits per heavy atom. The third kappa shape index (κ3) is 2.59. The molecular weight excluding hydrogens is 262 g/mol. The summed E-state index contributed by atoms with van der Waals surface area (Å²) in [7, 11) is 1.65. The summed E-state index contributed by atoms with van der Waals surface area (Å²) in [5.74, 6) is 1.66. The zero-order valence-corrected chi connectivity index (χ0v) is 12.6. The second-order valence-corrected chi connectivity index (χ2v) is 5.87. The minimum absolute atomic E-state index is 0.132. The molecule has 0 unspecified atom stereocenters. The summed E-state index contributed by atoms with van der Waals surface area (Å²) in [6.07, 6.45) is 0. The Morgan fingerprint density at radius 2 is 1.89 bits per heavy atom. The molecule has 0 spiro atoms. The van der Waals surface area contributed by atoms with Crippen molar-refractivity contribution in [3.8, 4) is 11.4 Å². The first-order chi connectivity index (χ1) is 8.84. The van der Waals surface area contributed by atoms with Crippen molar-refractivity contribution in [1.29, 1.82) is 0 Å². The lowest BCUT2D eigenvalue weighted by Gasteiger charge is -2.20. The van der Waals surface area contributed by atoms with E-state index in [9.17, 15) is 0 Å². The number of aryl methyl sites for hydroxylation is 1. The molecule has 0 aliphatic carbocycles. The highest BCUT2D eigenvalue weighted by molar-refractivity contribution is 6.28. The average Bonchev–Trinajstić information content (AvgIpc) is 2.71. The molecule has 0 saturated heterocycles. The van der Waals surface area contributed by atoms with Gasteiger partial charge < -0.3 is 4.74 Å². The molecule has 0 aliphatic heterocycles. The number of rotatable bonds is 2. The Bertz CT molecular complexity index is 599. The number of ether oxygens (including phenoxy) is 1. The van der Waals surface area contributed by atoms with E-state index in [4.69, 9.17) is 16.3 Å². The maximum absolute atomic E-state index is 6.19. The molecule has 0 N–H and O–H groups in total. The highest BCUT2D eigenvalue weighted by atomic mass is 35.5. The maximum atomic E-state index is 6.19. The van der Waals surface area contributed by atoms with E-state index in [0.717, 1.165) is 22.8 Å². The first-order valence-electron chi connectivity index (χ1n) is 6.11. The highest BCUT2D eigenvalue weighted by Gasteiger charge is 2.24. The molecule has 102 valence electrons. The van der Waals surface area contributed by atoms with Crippen LogP contribution < -0.4 is 4.74 Å².